The lowest BCUT2D eigenvalue weighted by Crippen LogP contribution is -2.47. The number of hydrogen-bond donors (Lipinski definition) is 1. The first-order valence-electron chi connectivity index (χ1n) is 8.05. The molecule has 1 saturated heterocycles. The van der Waals surface area contributed by atoms with Gasteiger partial charge in [-0.25, -0.2) is 4.39 Å². The fourth-order valence-corrected chi connectivity index (χ4v) is 3.85. The van der Waals surface area contributed by atoms with Crippen LogP contribution < -0.4 is 5.32 Å². The molecule has 1 heterocycles. The number of halogens is 2. The van der Waals surface area contributed by atoms with Gasteiger partial charge in [0, 0.05) is 32.2 Å². The topological polar surface area (TPSA) is 15.3 Å². The summed E-state index contributed by atoms with van der Waals surface area (Å²) in [5.74, 6) is 0.615. The zero-order valence-electron chi connectivity index (χ0n) is 12.6. The van der Waals surface area contributed by atoms with Gasteiger partial charge in [0.25, 0.3) is 0 Å². The van der Waals surface area contributed by atoms with Crippen molar-refractivity contribution in [3.63, 3.8) is 0 Å². The molecule has 3 rings (SSSR count). The van der Waals surface area contributed by atoms with Crippen molar-refractivity contribution in [2.24, 2.45) is 5.92 Å². The van der Waals surface area contributed by atoms with E-state index in [-0.39, 0.29) is 18.2 Å². The summed E-state index contributed by atoms with van der Waals surface area (Å²) in [4.78, 5) is 2.61. The van der Waals surface area contributed by atoms with E-state index in [1.165, 1.54) is 37.7 Å². The summed E-state index contributed by atoms with van der Waals surface area (Å²) in [6, 6.07) is 7.71. The molecule has 4 heteroatoms. The number of nitrogens with one attached hydrogen (secondary N) is 1. The summed E-state index contributed by atoms with van der Waals surface area (Å²) in [7, 11) is 0. The highest BCUT2D eigenvalue weighted by Crippen LogP contribution is 2.38. The van der Waals surface area contributed by atoms with E-state index in [1.807, 2.05) is 12.1 Å². The van der Waals surface area contributed by atoms with Gasteiger partial charge in [0.1, 0.15) is 5.82 Å². The van der Waals surface area contributed by atoms with Gasteiger partial charge in [-0.15, -0.1) is 12.4 Å². The van der Waals surface area contributed by atoms with Crippen molar-refractivity contribution < 1.29 is 4.39 Å². The van der Waals surface area contributed by atoms with Crippen molar-refractivity contribution in [3.8, 4) is 0 Å². The van der Waals surface area contributed by atoms with E-state index in [4.69, 9.17) is 0 Å². The Hall–Kier alpha value is -0.640. The summed E-state index contributed by atoms with van der Waals surface area (Å²) in [5, 5.41) is 3.43. The van der Waals surface area contributed by atoms with E-state index >= 15 is 0 Å². The van der Waals surface area contributed by atoms with E-state index < -0.39 is 0 Å². The molecular weight excluding hydrogens is 287 g/mol. The van der Waals surface area contributed by atoms with Crippen LogP contribution in [0.2, 0.25) is 0 Å². The maximum atomic E-state index is 13.2. The minimum atomic E-state index is -0.128. The van der Waals surface area contributed by atoms with Crippen LogP contribution in [0.3, 0.4) is 0 Å². The quantitative estimate of drug-likeness (QED) is 0.914. The van der Waals surface area contributed by atoms with Crippen molar-refractivity contribution >= 4 is 12.4 Å². The first-order valence-corrected chi connectivity index (χ1v) is 8.05. The summed E-state index contributed by atoms with van der Waals surface area (Å²) < 4.78 is 13.2. The molecule has 118 valence electrons. The van der Waals surface area contributed by atoms with Crippen LogP contribution in [0.25, 0.3) is 0 Å². The molecule has 0 aromatic heterocycles. The van der Waals surface area contributed by atoms with Crippen LogP contribution in [0.4, 0.5) is 4.39 Å². The van der Waals surface area contributed by atoms with E-state index in [1.54, 1.807) is 12.1 Å². The average molecular weight is 313 g/mol. The second kappa shape index (κ2) is 8.11. The summed E-state index contributed by atoms with van der Waals surface area (Å²) >= 11 is 0. The van der Waals surface area contributed by atoms with E-state index in [9.17, 15) is 4.39 Å². The fourth-order valence-electron chi connectivity index (χ4n) is 3.85. The number of hydrogen-bond acceptors (Lipinski definition) is 2. The molecule has 2 aliphatic rings. The van der Waals surface area contributed by atoms with Gasteiger partial charge in [0.2, 0.25) is 0 Å². The summed E-state index contributed by atoms with van der Waals surface area (Å²) in [5.41, 5.74) is 1.31. The van der Waals surface area contributed by atoms with Gasteiger partial charge in [-0.2, -0.15) is 0 Å². The van der Waals surface area contributed by atoms with Gasteiger partial charge in [-0.1, -0.05) is 31.4 Å². The van der Waals surface area contributed by atoms with Crippen LogP contribution in [-0.4, -0.2) is 31.1 Å². The molecule has 2 fully saturated rings. The monoisotopic (exact) mass is 312 g/mol. The lowest BCUT2D eigenvalue weighted by molar-refractivity contribution is 0.103. The third-order valence-electron chi connectivity index (χ3n) is 4.85. The summed E-state index contributed by atoms with van der Waals surface area (Å²) in [6.45, 7) is 4.37. The maximum absolute atomic E-state index is 13.2. The molecule has 1 saturated carbocycles. The highest BCUT2D eigenvalue weighted by molar-refractivity contribution is 5.85. The van der Waals surface area contributed by atoms with Crippen LogP contribution >= 0.6 is 12.4 Å². The molecule has 2 nitrogen and oxygen atoms in total. The number of piperazine rings is 1. The molecule has 0 unspecified atom stereocenters. The van der Waals surface area contributed by atoms with E-state index in [0.29, 0.717) is 6.04 Å². The zero-order valence-corrected chi connectivity index (χ0v) is 13.4. The molecule has 0 radical (unpaired) electrons. The third kappa shape index (κ3) is 4.18. The molecule has 0 spiro atoms. The van der Waals surface area contributed by atoms with Gasteiger partial charge >= 0.3 is 0 Å². The minimum absolute atomic E-state index is 0. The second-order valence-corrected chi connectivity index (χ2v) is 6.18. The van der Waals surface area contributed by atoms with Crippen LogP contribution in [-0.2, 0) is 0 Å². The molecule has 0 bridgehead atoms. The Balaban J connectivity index is 0.00000161. The Kier molecular flexibility index (Phi) is 6.46. The van der Waals surface area contributed by atoms with Crippen LogP contribution in [0, 0.1) is 11.7 Å². The van der Waals surface area contributed by atoms with Crippen molar-refractivity contribution in [1.29, 1.82) is 0 Å². The average Bonchev–Trinajstić information content (AvgIpc) is 2.52. The Morgan fingerprint density at radius 3 is 2.24 bits per heavy atom. The normalized spacial score (nSPS) is 22.5. The molecule has 1 aliphatic heterocycles. The smallest absolute Gasteiger partial charge is 0.123 e. The van der Waals surface area contributed by atoms with Crippen molar-refractivity contribution in [1.82, 2.24) is 10.2 Å². The molecule has 0 amide bonds. The Morgan fingerprint density at radius 2 is 1.62 bits per heavy atom. The predicted octanol–water partition coefficient (Wildman–Crippen LogP) is 3.77. The van der Waals surface area contributed by atoms with Gasteiger partial charge in [-0.3, -0.25) is 4.90 Å². The molecule has 1 aliphatic carbocycles. The third-order valence-corrected chi connectivity index (χ3v) is 4.85. The minimum Gasteiger partial charge on any atom is -0.314 e. The summed E-state index contributed by atoms with van der Waals surface area (Å²) in [6.07, 6.45) is 6.75. The molecule has 1 atom stereocenters. The highest BCUT2D eigenvalue weighted by atomic mass is 35.5. The molecule has 21 heavy (non-hydrogen) atoms. The number of benzene rings is 1. The zero-order chi connectivity index (χ0) is 13.8. The fraction of sp³-hybridized carbons (Fsp3) is 0.647. The molecule has 1 aromatic rings. The second-order valence-electron chi connectivity index (χ2n) is 6.18. The van der Waals surface area contributed by atoms with Crippen LogP contribution in [0.15, 0.2) is 24.3 Å². The molecule has 1 N–H and O–H groups in total. The SMILES string of the molecule is Cl.Fc1ccc([C@H](C2CCCCC2)N2CCNCC2)cc1. The Morgan fingerprint density at radius 1 is 1.00 bits per heavy atom. The van der Waals surface area contributed by atoms with E-state index in [2.05, 4.69) is 10.2 Å². The van der Waals surface area contributed by atoms with Crippen LogP contribution in [0.1, 0.15) is 43.7 Å². The largest absolute Gasteiger partial charge is 0.314 e. The van der Waals surface area contributed by atoms with Crippen LogP contribution in [0.5, 0.6) is 0 Å². The highest BCUT2D eigenvalue weighted by Gasteiger charge is 2.30. The molecule has 1 aromatic carbocycles. The van der Waals surface area contributed by atoms with Crippen molar-refractivity contribution in [2.75, 3.05) is 26.2 Å². The maximum Gasteiger partial charge on any atom is 0.123 e. The Bertz CT molecular complexity index is 393. The first kappa shape index (κ1) is 16.7. The van der Waals surface area contributed by atoms with Gasteiger partial charge in [-0.05, 0) is 36.5 Å². The van der Waals surface area contributed by atoms with Crippen molar-refractivity contribution in [3.05, 3.63) is 35.6 Å². The van der Waals surface area contributed by atoms with Gasteiger partial charge < -0.3 is 5.32 Å². The van der Waals surface area contributed by atoms with Gasteiger partial charge in [0.15, 0.2) is 0 Å². The standard InChI is InChI=1S/C17H25FN2.ClH/c18-16-8-6-15(7-9-16)17(14-4-2-1-3-5-14)20-12-10-19-11-13-20;/h6-9,14,17,19H,1-5,10-13H2;1H/t17-;/m0./s1. The first-order chi connectivity index (χ1) is 9.84. The Labute approximate surface area is 133 Å². The van der Waals surface area contributed by atoms with E-state index in [0.717, 1.165) is 32.1 Å². The van der Waals surface area contributed by atoms with Crippen molar-refractivity contribution in [2.45, 2.75) is 38.1 Å². The lowest BCUT2D eigenvalue weighted by Gasteiger charge is -2.41. The number of nitrogens with zero attached hydrogens (tertiary/aromatic N) is 1. The predicted molar refractivity (Wildman–Crippen MR) is 87.4 cm³/mol. The number of rotatable bonds is 3. The van der Waals surface area contributed by atoms with Gasteiger partial charge in [0.05, 0.1) is 0 Å². The lowest BCUT2D eigenvalue weighted by atomic mass is 9.80. The molecular formula is C17H26ClFN2.